The Kier molecular flexibility index (Phi) is 4.13. The Morgan fingerprint density at radius 1 is 1.52 bits per heavy atom. The summed E-state index contributed by atoms with van der Waals surface area (Å²) < 4.78 is 0. The van der Waals surface area contributed by atoms with E-state index in [9.17, 15) is 9.59 Å². The molecule has 1 aromatic carbocycles. The van der Waals surface area contributed by atoms with Crippen molar-refractivity contribution in [1.82, 2.24) is 5.32 Å². The molecule has 0 aromatic heterocycles. The lowest BCUT2D eigenvalue weighted by atomic mass is 10.2. The fourth-order valence-electron chi connectivity index (χ4n) is 2.45. The van der Waals surface area contributed by atoms with Crippen LogP contribution in [0.1, 0.15) is 26.2 Å². The number of thioether (sulfide) groups is 1. The first-order valence-electron chi connectivity index (χ1n) is 7.09. The van der Waals surface area contributed by atoms with E-state index in [0.29, 0.717) is 10.9 Å². The van der Waals surface area contributed by atoms with Gasteiger partial charge < -0.3 is 10.6 Å². The quantitative estimate of drug-likeness (QED) is 0.895. The number of amides is 2. The number of carbonyl (C=O) groups excluding carboxylic acids is 2. The zero-order chi connectivity index (χ0) is 15.0. The van der Waals surface area contributed by atoms with Gasteiger partial charge in [0.15, 0.2) is 0 Å². The normalized spacial score (nSPS) is 22.2. The van der Waals surface area contributed by atoms with Crippen molar-refractivity contribution in [3.05, 3.63) is 23.2 Å². The molecule has 4 nitrogen and oxygen atoms in total. The maximum Gasteiger partial charge on any atom is 0.238 e. The van der Waals surface area contributed by atoms with Crippen LogP contribution in [0, 0.1) is 5.92 Å². The largest absolute Gasteiger partial charge is 0.353 e. The van der Waals surface area contributed by atoms with Gasteiger partial charge in [0.2, 0.25) is 11.8 Å². The van der Waals surface area contributed by atoms with Crippen LogP contribution in [-0.2, 0) is 9.59 Å². The topological polar surface area (TPSA) is 58.2 Å². The SMILES string of the molecule is CC(NC(=O)CC1Sc2ccc(Cl)cc2NC1=O)C1CC1. The number of anilines is 1. The zero-order valence-electron chi connectivity index (χ0n) is 11.7. The van der Waals surface area contributed by atoms with Gasteiger partial charge in [0.05, 0.1) is 10.9 Å². The third-order valence-corrected chi connectivity index (χ3v) is 5.36. The minimum atomic E-state index is -0.384. The van der Waals surface area contributed by atoms with E-state index >= 15 is 0 Å². The molecule has 1 aromatic rings. The van der Waals surface area contributed by atoms with Crippen LogP contribution in [0.25, 0.3) is 0 Å². The highest BCUT2D eigenvalue weighted by atomic mass is 35.5. The maximum atomic E-state index is 12.1. The van der Waals surface area contributed by atoms with Gasteiger partial charge in [-0.05, 0) is 43.9 Å². The van der Waals surface area contributed by atoms with Gasteiger partial charge in [-0.15, -0.1) is 11.8 Å². The molecule has 0 radical (unpaired) electrons. The highest BCUT2D eigenvalue weighted by molar-refractivity contribution is 8.01. The van der Waals surface area contributed by atoms with Crippen LogP contribution >= 0.6 is 23.4 Å². The summed E-state index contributed by atoms with van der Waals surface area (Å²) in [6, 6.07) is 5.60. The molecule has 2 unspecified atom stereocenters. The van der Waals surface area contributed by atoms with Crippen LogP contribution in [0.15, 0.2) is 23.1 Å². The molecular weight excluding hydrogens is 308 g/mol. The third-order valence-electron chi connectivity index (χ3n) is 3.85. The third kappa shape index (κ3) is 3.52. The second kappa shape index (κ2) is 5.89. The summed E-state index contributed by atoms with van der Waals surface area (Å²) in [5.74, 6) is 0.424. The second-order valence-electron chi connectivity index (χ2n) is 5.63. The first kappa shape index (κ1) is 14.7. The van der Waals surface area contributed by atoms with Crippen molar-refractivity contribution in [2.24, 2.45) is 5.92 Å². The Morgan fingerprint density at radius 3 is 3.00 bits per heavy atom. The van der Waals surface area contributed by atoms with Crippen LogP contribution in [0.5, 0.6) is 0 Å². The Labute approximate surface area is 133 Å². The molecule has 6 heteroatoms. The second-order valence-corrected chi connectivity index (χ2v) is 7.31. The van der Waals surface area contributed by atoms with Crippen molar-refractivity contribution < 1.29 is 9.59 Å². The summed E-state index contributed by atoms with van der Waals surface area (Å²) in [5.41, 5.74) is 0.723. The minimum Gasteiger partial charge on any atom is -0.353 e. The number of halogens is 1. The number of rotatable bonds is 4. The molecule has 1 saturated carbocycles. The number of nitrogens with one attached hydrogen (secondary N) is 2. The van der Waals surface area contributed by atoms with Crippen molar-refractivity contribution in [2.45, 2.75) is 42.4 Å². The van der Waals surface area contributed by atoms with E-state index in [0.717, 1.165) is 10.6 Å². The average Bonchev–Trinajstić information content (AvgIpc) is 3.24. The molecule has 2 atom stereocenters. The Morgan fingerprint density at radius 2 is 2.29 bits per heavy atom. The first-order valence-corrected chi connectivity index (χ1v) is 8.35. The molecule has 0 spiro atoms. The highest BCUT2D eigenvalue weighted by Crippen LogP contribution is 2.38. The molecular formula is C15H17ClN2O2S. The molecule has 1 fully saturated rings. The van der Waals surface area contributed by atoms with Crippen LogP contribution in [0.3, 0.4) is 0 Å². The summed E-state index contributed by atoms with van der Waals surface area (Å²) in [5, 5.41) is 6.01. The molecule has 21 heavy (non-hydrogen) atoms. The van der Waals surface area contributed by atoms with Crippen LogP contribution in [0.2, 0.25) is 5.02 Å². The fraction of sp³-hybridized carbons (Fsp3) is 0.467. The van der Waals surface area contributed by atoms with Crippen LogP contribution in [0.4, 0.5) is 5.69 Å². The number of fused-ring (bicyclic) bond motifs is 1. The molecule has 3 rings (SSSR count). The predicted molar refractivity (Wildman–Crippen MR) is 84.7 cm³/mol. The smallest absolute Gasteiger partial charge is 0.238 e. The summed E-state index contributed by atoms with van der Waals surface area (Å²) in [6.45, 7) is 2.03. The lowest BCUT2D eigenvalue weighted by Gasteiger charge is -2.24. The van der Waals surface area contributed by atoms with Gasteiger partial charge in [-0.2, -0.15) is 0 Å². The molecule has 0 saturated heterocycles. The lowest BCUT2D eigenvalue weighted by molar-refractivity contribution is -0.124. The summed E-state index contributed by atoms with van der Waals surface area (Å²) in [7, 11) is 0. The van der Waals surface area contributed by atoms with E-state index in [2.05, 4.69) is 10.6 Å². The van der Waals surface area contributed by atoms with E-state index < -0.39 is 0 Å². The molecule has 112 valence electrons. The predicted octanol–water partition coefficient (Wildman–Crippen LogP) is 3.06. The van der Waals surface area contributed by atoms with E-state index in [4.69, 9.17) is 11.6 Å². The molecule has 2 amide bonds. The van der Waals surface area contributed by atoms with Gasteiger partial charge in [0.1, 0.15) is 0 Å². The van der Waals surface area contributed by atoms with Crippen molar-refractivity contribution in [3.8, 4) is 0 Å². The van der Waals surface area contributed by atoms with E-state index in [1.54, 1.807) is 12.1 Å². The summed E-state index contributed by atoms with van der Waals surface area (Å²) in [6.07, 6.45) is 2.58. The van der Waals surface area contributed by atoms with E-state index in [1.165, 1.54) is 24.6 Å². The van der Waals surface area contributed by atoms with Crippen LogP contribution in [-0.4, -0.2) is 23.1 Å². The molecule has 1 heterocycles. The monoisotopic (exact) mass is 324 g/mol. The Balaban J connectivity index is 1.62. The molecule has 2 aliphatic rings. The van der Waals surface area contributed by atoms with E-state index in [-0.39, 0.29) is 29.5 Å². The van der Waals surface area contributed by atoms with Crippen molar-refractivity contribution in [3.63, 3.8) is 0 Å². The van der Waals surface area contributed by atoms with Gasteiger partial charge in [0, 0.05) is 22.4 Å². The van der Waals surface area contributed by atoms with Gasteiger partial charge >= 0.3 is 0 Å². The Hall–Kier alpha value is -1.20. The first-order chi connectivity index (χ1) is 10.0. The van der Waals surface area contributed by atoms with Gasteiger partial charge in [-0.1, -0.05) is 11.6 Å². The molecule has 0 bridgehead atoms. The van der Waals surface area contributed by atoms with Crippen molar-refractivity contribution in [1.29, 1.82) is 0 Å². The lowest BCUT2D eigenvalue weighted by Crippen LogP contribution is -2.39. The molecule has 1 aliphatic heterocycles. The van der Waals surface area contributed by atoms with Gasteiger partial charge in [-0.3, -0.25) is 9.59 Å². The van der Waals surface area contributed by atoms with E-state index in [1.807, 2.05) is 13.0 Å². The standard InChI is InChI=1S/C15H17ClN2O2S/c1-8(9-2-3-9)17-14(19)7-13-15(20)18-11-6-10(16)4-5-12(11)21-13/h4-6,8-9,13H,2-3,7H2,1H3,(H,17,19)(H,18,20). The zero-order valence-corrected chi connectivity index (χ0v) is 13.3. The van der Waals surface area contributed by atoms with Gasteiger partial charge in [-0.25, -0.2) is 0 Å². The molecule has 2 N–H and O–H groups in total. The maximum absolute atomic E-state index is 12.1. The fourth-order valence-corrected chi connectivity index (χ4v) is 3.72. The highest BCUT2D eigenvalue weighted by Gasteiger charge is 2.32. The summed E-state index contributed by atoms with van der Waals surface area (Å²) in [4.78, 5) is 25.1. The summed E-state index contributed by atoms with van der Waals surface area (Å²) >= 11 is 7.33. The number of hydrogen-bond donors (Lipinski definition) is 2. The van der Waals surface area contributed by atoms with Crippen molar-refractivity contribution >= 4 is 40.9 Å². The van der Waals surface area contributed by atoms with Gasteiger partial charge in [0.25, 0.3) is 0 Å². The molecule has 1 aliphatic carbocycles. The Bertz CT molecular complexity index is 589. The number of carbonyl (C=O) groups is 2. The number of hydrogen-bond acceptors (Lipinski definition) is 3. The van der Waals surface area contributed by atoms with Crippen molar-refractivity contribution in [2.75, 3.05) is 5.32 Å². The number of benzene rings is 1. The average molecular weight is 325 g/mol. The minimum absolute atomic E-state index is 0.0561. The van der Waals surface area contributed by atoms with Crippen LogP contribution < -0.4 is 10.6 Å².